The highest BCUT2D eigenvalue weighted by Crippen LogP contribution is 2.27. The number of ether oxygens (including phenoxy) is 2. The van der Waals surface area contributed by atoms with Gasteiger partial charge < -0.3 is 14.8 Å². The first kappa shape index (κ1) is 22.8. The van der Waals surface area contributed by atoms with Crippen LogP contribution in [-0.4, -0.2) is 46.0 Å². The van der Waals surface area contributed by atoms with Crippen molar-refractivity contribution in [2.75, 3.05) is 20.8 Å². The summed E-state index contributed by atoms with van der Waals surface area (Å²) in [6.07, 6.45) is 6.19. The number of nitrogens with one attached hydrogen (secondary N) is 1. The number of nitrogens with zero attached hydrogens (tertiary/aromatic N) is 4. The van der Waals surface area contributed by atoms with Crippen molar-refractivity contribution in [2.24, 2.45) is 0 Å². The summed E-state index contributed by atoms with van der Waals surface area (Å²) in [4.78, 5) is 29.4. The van der Waals surface area contributed by atoms with E-state index in [0.29, 0.717) is 42.2 Å². The molecule has 1 amide bonds. The average molecular weight is 460 g/mol. The number of hydrogen-bond acceptors (Lipinski definition) is 6. The lowest BCUT2D eigenvalue weighted by molar-refractivity contribution is -0.116. The van der Waals surface area contributed by atoms with E-state index in [0.717, 1.165) is 11.1 Å². The number of fused-ring (bicyclic) bond motifs is 1. The lowest BCUT2D eigenvalue weighted by Crippen LogP contribution is -2.26. The second-order valence-corrected chi connectivity index (χ2v) is 7.51. The molecule has 0 aliphatic carbocycles. The van der Waals surface area contributed by atoms with Crippen LogP contribution in [0.1, 0.15) is 11.1 Å². The van der Waals surface area contributed by atoms with E-state index in [1.54, 1.807) is 41.7 Å². The van der Waals surface area contributed by atoms with Crippen LogP contribution in [0.4, 0.5) is 0 Å². The molecule has 9 nitrogen and oxygen atoms in total. The van der Waals surface area contributed by atoms with Gasteiger partial charge in [-0.2, -0.15) is 5.10 Å². The average Bonchev–Trinajstić information content (AvgIpc) is 3.28. The fourth-order valence-corrected chi connectivity index (χ4v) is 3.53. The van der Waals surface area contributed by atoms with Crippen LogP contribution in [0, 0.1) is 0 Å². The molecule has 4 aromatic rings. The fourth-order valence-electron chi connectivity index (χ4n) is 3.53. The number of hydrogen-bond donors (Lipinski definition) is 1. The highest BCUT2D eigenvalue weighted by molar-refractivity contribution is 5.91. The van der Waals surface area contributed by atoms with Crippen molar-refractivity contribution < 1.29 is 14.3 Å². The Balaban J connectivity index is 1.36. The Labute approximate surface area is 196 Å². The summed E-state index contributed by atoms with van der Waals surface area (Å²) in [6.45, 7) is 1.16. The predicted octanol–water partition coefficient (Wildman–Crippen LogP) is 2.49. The smallest absolute Gasteiger partial charge is 0.264 e. The summed E-state index contributed by atoms with van der Waals surface area (Å²) >= 11 is 0. The predicted molar refractivity (Wildman–Crippen MR) is 129 cm³/mol. The van der Waals surface area contributed by atoms with E-state index in [1.807, 2.05) is 36.4 Å². The number of methoxy groups -OCH3 is 2. The molecule has 0 saturated carbocycles. The maximum absolute atomic E-state index is 12.8. The Kier molecular flexibility index (Phi) is 7.02. The van der Waals surface area contributed by atoms with Gasteiger partial charge in [0.25, 0.3) is 5.56 Å². The summed E-state index contributed by atoms with van der Waals surface area (Å²) in [5.74, 6) is 0.964. The second kappa shape index (κ2) is 10.5. The molecular formula is C25H25N5O4. The van der Waals surface area contributed by atoms with Crippen LogP contribution in [-0.2, 0) is 17.9 Å². The summed E-state index contributed by atoms with van der Waals surface area (Å²) in [5, 5.41) is 7.53. The zero-order chi connectivity index (χ0) is 23.9. The molecular weight excluding hydrogens is 434 g/mol. The third kappa shape index (κ3) is 5.15. The highest BCUT2D eigenvalue weighted by atomic mass is 16.5. The summed E-state index contributed by atoms with van der Waals surface area (Å²) in [7, 11) is 3.13. The molecule has 174 valence electrons. The van der Waals surface area contributed by atoms with Gasteiger partial charge in [-0.25, -0.2) is 9.67 Å². The molecule has 0 fully saturated rings. The Morgan fingerprint density at radius 1 is 1.09 bits per heavy atom. The van der Waals surface area contributed by atoms with Crippen LogP contribution in [0.25, 0.3) is 17.1 Å². The van der Waals surface area contributed by atoms with Crippen LogP contribution in [0.5, 0.6) is 11.5 Å². The van der Waals surface area contributed by atoms with Crippen LogP contribution < -0.4 is 20.3 Å². The molecule has 0 unspecified atom stereocenters. The van der Waals surface area contributed by atoms with E-state index >= 15 is 0 Å². The molecule has 0 atom stereocenters. The van der Waals surface area contributed by atoms with Gasteiger partial charge in [-0.15, -0.1) is 0 Å². The summed E-state index contributed by atoms with van der Waals surface area (Å²) < 4.78 is 13.7. The fraction of sp³-hybridized carbons (Fsp3) is 0.200. The van der Waals surface area contributed by atoms with Gasteiger partial charge in [-0.1, -0.05) is 36.4 Å². The summed E-state index contributed by atoms with van der Waals surface area (Å²) in [6, 6.07) is 15.1. The number of carbonyl (C=O) groups is 1. The first-order valence-electron chi connectivity index (χ1n) is 10.7. The number of rotatable bonds is 9. The summed E-state index contributed by atoms with van der Waals surface area (Å²) in [5.41, 5.74) is 2.16. The van der Waals surface area contributed by atoms with Crippen molar-refractivity contribution in [3.8, 4) is 11.5 Å². The standard InChI is InChI=1S/C25H25N5O4/c1-33-21-10-8-18(14-22(21)34-2)9-11-23(31)26-12-13-30-24-20(15-28-30)25(32)29(17-27-24)16-19-6-4-3-5-7-19/h3-11,14-15,17H,12-13,16H2,1-2H3,(H,26,31)/b11-9-. The van der Waals surface area contributed by atoms with E-state index in [9.17, 15) is 9.59 Å². The van der Waals surface area contributed by atoms with Gasteiger partial charge in [-0.3, -0.25) is 14.2 Å². The Bertz CT molecular complexity index is 1380. The van der Waals surface area contributed by atoms with Gasteiger partial charge in [0.1, 0.15) is 11.7 Å². The molecule has 0 spiro atoms. The van der Waals surface area contributed by atoms with E-state index < -0.39 is 0 Å². The van der Waals surface area contributed by atoms with Gasteiger partial charge >= 0.3 is 0 Å². The lowest BCUT2D eigenvalue weighted by atomic mass is 10.2. The second-order valence-electron chi connectivity index (χ2n) is 7.51. The molecule has 2 aromatic carbocycles. The number of benzene rings is 2. The van der Waals surface area contributed by atoms with Crippen molar-refractivity contribution in [1.29, 1.82) is 0 Å². The highest BCUT2D eigenvalue weighted by Gasteiger charge is 2.10. The van der Waals surface area contributed by atoms with E-state index in [4.69, 9.17) is 9.47 Å². The van der Waals surface area contributed by atoms with E-state index in [1.165, 1.54) is 18.6 Å². The number of carbonyl (C=O) groups excluding carboxylic acids is 1. The van der Waals surface area contributed by atoms with Gasteiger partial charge in [-0.05, 0) is 29.3 Å². The minimum Gasteiger partial charge on any atom is -0.493 e. The maximum Gasteiger partial charge on any atom is 0.264 e. The lowest BCUT2D eigenvalue weighted by Gasteiger charge is -2.08. The molecule has 1 N–H and O–H groups in total. The molecule has 34 heavy (non-hydrogen) atoms. The molecule has 0 saturated heterocycles. The normalized spacial score (nSPS) is 11.1. The minimum atomic E-state index is -0.246. The van der Waals surface area contributed by atoms with Gasteiger partial charge in [0.2, 0.25) is 5.91 Å². The molecule has 9 heteroatoms. The SMILES string of the molecule is COc1ccc(/C=C\C(=O)NCCn2ncc3c(=O)n(Cc4ccccc4)cnc32)cc1OC. The third-order valence-corrected chi connectivity index (χ3v) is 5.28. The zero-order valence-electron chi connectivity index (χ0n) is 19.0. The Hall–Kier alpha value is -4.40. The van der Waals surface area contributed by atoms with Crippen molar-refractivity contribution in [3.05, 3.63) is 88.6 Å². The van der Waals surface area contributed by atoms with Gasteiger partial charge in [0.05, 0.1) is 33.5 Å². The molecule has 0 aliphatic heterocycles. The van der Waals surface area contributed by atoms with Gasteiger partial charge in [0.15, 0.2) is 17.1 Å². The minimum absolute atomic E-state index is 0.151. The Morgan fingerprint density at radius 3 is 2.65 bits per heavy atom. The Morgan fingerprint density at radius 2 is 1.88 bits per heavy atom. The molecule has 4 rings (SSSR count). The first-order valence-corrected chi connectivity index (χ1v) is 10.7. The van der Waals surface area contributed by atoms with E-state index in [-0.39, 0.29) is 11.5 Å². The van der Waals surface area contributed by atoms with Crippen LogP contribution in [0.3, 0.4) is 0 Å². The molecule has 0 bridgehead atoms. The maximum atomic E-state index is 12.8. The molecule has 0 aliphatic rings. The monoisotopic (exact) mass is 459 g/mol. The number of aromatic nitrogens is 4. The third-order valence-electron chi connectivity index (χ3n) is 5.28. The first-order chi connectivity index (χ1) is 16.6. The van der Waals surface area contributed by atoms with E-state index in [2.05, 4.69) is 15.4 Å². The van der Waals surface area contributed by atoms with Crippen LogP contribution in [0.15, 0.2) is 71.9 Å². The van der Waals surface area contributed by atoms with Crippen molar-refractivity contribution in [3.63, 3.8) is 0 Å². The van der Waals surface area contributed by atoms with Crippen molar-refractivity contribution >= 4 is 23.0 Å². The number of amides is 1. The quantitative estimate of drug-likeness (QED) is 0.386. The topological polar surface area (TPSA) is 100 Å². The molecule has 2 heterocycles. The van der Waals surface area contributed by atoms with Crippen LogP contribution in [0.2, 0.25) is 0 Å². The molecule has 0 radical (unpaired) electrons. The molecule has 2 aromatic heterocycles. The largest absolute Gasteiger partial charge is 0.493 e. The van der Waals surface area contributed by atoms with Gasteiger partial charge in [0, 0.05) is 12.6 Å². The van der Waals surface area contributed by atoms with Crippen molar-refractivity contribution in [2.45, 2.75) is 13.1 Å². The van der Waals surface area contributed by atoms with Crippen molar-refractivity contribution in [1.82, 2.24) is 24.6 Å². The van der Waals surface area contributed by atoms with Crippen LogP contribution >= 0.6 is 0 Å². The zero-order valence-corrected chi connectivity index (χ0v) is 19.0.